The maximum Gasteiger partial charge on any atom is 0.315 e. The zero-order chi connectivity index (χ0) is 13.5. The molecule has 18 heavy (non-hydrogen) atoms. The molecule has 1 heterocycles. The Bertz CT molecular complexity index is 335. The lowest BCUT2D eigenvalue weighted by Crippen LogP contribution is -2.19. The van der Waals surface area contributed by atoms with Gasteiger partial charge in [0.1, 0.15) is 0 Å². The molecule has 5 nitrogen and oxygen atoms in total. The Labute approximate surface area is 110 Å². The summed E-state index contributed by atoms with van der Waals surface area (Å²) in [6.07, 6.45) is 1.09. The highest BCUT2D eigenvalue weighted by atomic mass is 16.4. The fourth-order valence-electron chi connectivity index (χ4n) is 1.83. The van der Waals surface area contributed by atoms with Crippen LogP contribution < -0.4 is 10.6 Å². The second-order valence-electron chi connectivity index (χ2n) is 5.70. The largest absolute Gasteiger partial charge is 0.407 e. The van der Waals surface area contributed by atoms with Crippen molar-refractivity contribution < 1.29 is 4.42 Å². The first-order valence-corrected chi connectivity index (χ1v) is 6.77. The van der Waals surface area contributed by atoms with E-state index in [1.165, 1.54) is 0 Å². The quantitative estimate of drug-likeness (QED) is 0.746. The molecule has 0 radical (unpaired) electrons. The fourth-order valence-corrected chi connectivity index (χ4v) is 1.83. The van der Waals surface area contributed by atoms with Crippen molar-refractivity contribution in [2.45, 2.75) is 53.6 Å². The van der Waals surface area contributed by atoms with E-state index in [9.17, 15) is 0 Å². The second-order valence-corrected chi connectivity index (χ2v) is 5.70. The minimum absolute atomic E-state index is 0.349. The number of aromatic nitrogens is 2. The third kappa shape index (κ3) is 6.00. The molecular weight excluding hydrogens is 228 g/mol. The van der Waals surface area contributed by atoms with Crippen LogP contribution in [0.2, 0.25) is 0 Å². The molecule has 0 fully saturated rings. The molecule has 1 aromatic heterocycles. The zero-order valence-corrected chi connectivity index (χ0v) is 12.2. The summed E-state index contributed by atoms with van der Waals surface area (Å²) in [5.74, 6) is 1.91. The predicted molar refractivity (Wildman–Crippen MR) is 73.4 cm³/mol. The summed E-state index contributed by atoms with van der Waals surface area (Å²) in [7, 11) is 0. The lowest BCUT2D eigenvalue weighted by molar-refractivity contribution is 0.451. The van der Waals surface area contributed by atoms with Gasteiger partial charge in [-0.2, -0.15) is 0 Å². The molecule has 1 rings (SSSR count). The molecule has 0 saturated heterocycles. The van der Waals surface area contributed by atoms with Gasteiger partial charge in [-0.05, 0) is 31.7 Å². The Morgan fingerprint density at radius 3 is 2.39 bits per heavy atom. The van der Waals surface area contributed by atoms with Gasteiger partial charge in [0.15, 0.2) is 0 Å². The smallest absolute Gasteiger partial charge is 0.315 e. The van der Waals surface area contributed by atoms with Gasteiger partial charge in [0, 0.05) is 6.04 Å². The third-order valence-electron chi connectivity index (χ3n) is 2.49. The fraction of sp³-hybridized carbons (Fsp3) is 0.846. The van der Waals surface area contributed by atoms with Crippen LogP contribution in [0.1, 0.15) is 46.9 Å². The molecule has 0 bridgehead atoms. The number of anilines is 1. The normalized spacial score (nSPS) is 13.3. The van der Waals surface area contributed by atoms with Crippen molar-refractivity contribution in [1.82, 2.24) is 15.5 Å². The van der Waals surface area contributed by atoms with Gasteiger partial charge in [-0.25, -0.2) is 0 Å². The van der Waals surface area contributed by atoms with Crippen molar-refractivity contribution in [1.29, 1.82) is 0 Å². The van der Waals surface area contributed by atoms with Crippen LogP contribution in [0.5, 0.6) is 0 Å². The Balaban J connectivity index is 2.33. The van der Waals surface area contributed by atoms with Crippen molar-refractivity contribution in [2.75, 3.05) is 11.9 Å². The summed E-state index contributed by atoms with van der Waals surface area (Å²) in [6.45, 7) is 12.4. The molecule has 5 heteroatoms. The Hall–Kier alpha value is -1.10. The average molecular weight is 254 g/mol. The lowest BCUT2D eigenvalue weighted by Gasteiger charge is -2.13. The summed E-state index contributed by atoms with van der Waals surface area (Å²) in [6, 6.07) is 0.867. The van der Waals surface area contributed by atoms with Crippen molar-refractivity contribution in [3.05, 3.63) is 5.89 Å². The van der Waals surface area contributed by atoms with E-state index in [4.69, 9.17) is 4.42 Å². The molecule has 0 aliphatic rings. The second kappa shape index (κ2) is 7.36. The van der Waals surface area contributed by atoms with E-state index in [-0.39, 0.29) is 0 Å². The Morgan fingerprint density at radius 1 is 1.06 bits per heavy atom. The Morgan fingerprint density at radius 2 is 1.78 bits per heavy atom. The molecule has 1 unspecified atom stereocenters. The average Bonchev–Trinajstić information content (AvgIpc) is 2.63. The molecule has 0 aliphatic heterocycles. The predicted octanol–water partition coefficient (Wildman–Crippen LogP) is 2.66. The van der Waals surface area contributed by atoms with Crippen LogP contribution in [0.25, 0.3) is 0 Å². The van der Waals surface area contributed by atoms with Crippen LogP contribution >= 0.6 is 0 Å². The van der Waals surface area contributed by atoms with Gasteiger partial charge >= 0.3 is 6.01 Å². The van der Waals surface area contributed by atoms with Gasteiger partial charge in [-0.1, -0.05) is 32.8 Å². The van der Waals surface area contributed by atoms with Gasteiger partial charge in [-0.3, -0.25) is 0 Å². The molecule has 1 aromatic rings. The number of hydrogen-bond donors (Lipinski definition) is 2. The summed E-state index contributed by atoms with van der Waals surface area (Å²) >= 11 is 0. The summed E-state index contributed by atoms with van der Waals surface area (Å²) < 4.78 is 5.52. The molecule has 0 spiro atoms. The van der Waals surface area contributed by atoms with Gasteiger partial charge < -0.3 is 15.1 Å². The lowest BCUT2D eigenvalue weighted by atomic mass is 10.1. The van der Waals surface area contributed by atoms with E-state index in [0.29, 0.717) is 36.3 Å². The molecule has 1 atom stereocenters. The molecule has 0 aliphatic carbocycles. The zero-order valence-electron chi connectivity index (χ0n) is 12.2. The topological polar surface area (TPSA) is 63.0 Å². The van der Waals surface area contributed by atoms with Gasteiger partial charge in [0.25, 0.3) is 0 Å². The molecule has 0 saturated carbocycles. The number of nitrogens with zero attached hydrogens (tertiary/aromatic N) is 2. The van der Waals surface area contributed by atoms with Crippen molar-refractivity contribution in [2.24, 2.45) is 11.8 Å². The van der Waals surface area contributed by atoms with Crippen LogP contribution in [0, 0.1) is 11.8 Å². The SMILES string of the molecule is CC(C)CNCc1nnc(NC(C)CC(C)C)o1. The first-order valence-electron chi connectivity index (χ1n) is 6.77. The van der Waals surface area contributed by atoms with E-state index in [2.05, 4.69) is 55.4 Å². The van der Waals surface area contributed by atoms with Crippen molar-refractivity contribution in [3.8, 4) is 0 Å². The van der Waals surface area contributed by atoms with Crippen LogP contribution in [-0.2, 0) is 6.54 Å². The summed E-state index contributed by atoms with van der Waals surface area (Å²) in [4.78, 5) is 0. The number of rotatable bonds is 8. The summed E-state index contributed by atoms with van der Waals surface area (Å²) in [5, 5.41) is 14.5. The summed E-state index contributed by atoms with van der Waals surface area (Å²) in [5.41, 5.74) is 0. The third-order valence-corrected chi connectivity index (χ3v) is 2.49. The maximum atomic E-state index is 5.52. The van der Waals surface area contributed by atoms with Crippen molar-refractivity contribution >= 4 is 6.01 Å². The Kier molecular flexibility index (Phi) is 6.12. The van der Waals surface area contributed by atoms with Gasteiger partial charge in [-0.15, -0.1) is 5.10 Å². The van der Waals surface area contributed by atoms with E-state index in [1.54, 1.807) is 0 Å². The molecular formula is C13H26N4O. The first-order chi connectivity index (χ1) is 8.47. The van der Waals surface area contributed by atoms with Crippen LogP contribution in [0.15, 0.2) is 4.42 Å². The maximum absolute atomic E-state index is 5.52. The molecule has 2 N–H and O–H groups in total. The highest BCUT2D eigenvalue weighted by molar-refractivity contribution is 5.18. The standard InChI is InChI=1S/C13H26N4O/c1-9(2)6-11(5)15-13-17-16-12(18-13)8-14-7-10(3)4/h9-11,14H,6-8H2,1-5H3,(H,15,17). The van der Waals surface area contributed by atoms with Crippen LogP contribution in [0.4, 0.5) is 6.01 Å². The van der Waals surface area contributed by atoms with E-state index < -0.39 is 0 Å². The van der Waals surface area contributed by atoms with Crippen LogP contribution in [0.3, 0.4) is 0 Å². The minimum Gasteiger partial charge on any atom is -0.407 e. The van der Waals surface area contributed by atoms with Crippen LogP contribution in [-0.4, -0.2) is 22.8 Å². The monoisotopic (exact) mass is 254 g/mol. The van der Waals surface area contributed by atoms with Crippen molar-refractivity contribution in [3.63, 3.8) is 0 Å². The van der Waals surface area contributed by atoms with E-state index in [0.717, 1.165) is 13.0 Å². The molecule has 0 aromatic carbocycles. The van der Waals surface area contributed by atoms with Gasteiger partial charge in [0.05, 0.1) is 6.54 Å². The number of hydrogen-bond acceptors (Lipinski definition) is 5. The van der Waals surface area contributed by atoms with E-state index >= 15 is 0 Å². The molecule has 0 amide bonds. The highest BCUT2D eigenvalue weighted by Gasteiger charge is 2.10. The highest BCUT2D eigenvalue weighted by Crippen LogP contribution is 2.11. The first kappa shape index (κ1) is 15.0. The molecule has 104 valence electrons. The van der Waals surface area contributed by atoms with Gasteiger partial charge in [0.2, 0.25) is 5.89 Å². The minimum atomic E-state index is 0.349. The van der Waals surface area contributed by atoms with E-state index in [1.807, 2.05) is 0 Å². The number of nitrogens with one attached hydrogen (secondary N) is 2.